The predicted molar refractivity (Wildman–Crippen MR) is 101 cm³/mol. The number of carboxylic acids is 1. The summed E-state index contributed by atoms with van der Waals surface area (Å²) >= 11 is 6.91. The first kappa shape index (κ1) is 19.2. The van der Waals surface area contributed by atoms with E-state index in [1.807, 2.05) is 0 Å². The van der Waals surface area contributed by atoms with Gasteiger partial charge >= 0.3 is 5.97 Å². The fourth-order valence-corrected chi connectivity index (χ4v) is 5.13. The number of carboxylic acid groups (broad SMARTS) is 1. The molecule has 0 aliphatic carbocycles. The maximum absolute atomic E-state index is 13.4. The Kier molecular flexibility index (Phi) is 5.09. The number of hydrogen-bond acceptors (Lipinski definition) is 5. The molecule has 6 nitrogen and oxygen atoms in total. The van der Waals surface area contributed by atoms with Gasteiger partial charge in [0.05, 0.1) is 5.69 Å². The van der Waals surface area contributed by atoms with Crippen molar-refractivity contribution < 1.29 is 27.8 Å². The van der Waals surface area contributed by atoms with Crippen LogP contribution >= 0.6 is 22.9 Å². The normalized spacial score (nSPS) is 11.3. The van der Waals surface area contributed by atoms with Crippen LogP contribution in [0.5, 0.6) is 5.75 Å². The summed E-state index contributed by atoms with van der Waals surface area (Å²) in [5, 5.41) is 18.6. The maximum atomic E-state index is 13.4. The van der Waals surface area contributed by atoms with Crippen molar-refractivity contribution in [1.29, 1.82) is 0 Å². The molecule has 140 valence electrons. The van der Waals surface area contributed by atoms with Gasteiger partial charge in [-0.1, -0.05) is 23.7 Å². The number of anilines is 1. The van der Waals surface area contributed by atoms with Crippen molar-refractivity contribution in [3.63, 3.8) is 0 Å². The van der Waals surface area contributed by atoms with Crippen LogP contribution in [0.2, 0.25) is 4.34 Å². The minimum absolute atomic E-state index is 0.0191. The Bertz CT molecular complexity index is 1140. The number of aromatic carboxylic acids is 1. The van der Waals surface area contributed by atoms with E-state index in [1.54, 1.807) is 6.07 Å². The predicted octanol–water partition coefficient (Wildman–Crippen LogP) is 4.41. The van der Waals surface area contributed by atoms with Crippen molar-refractivity contribution in [2.75, 3.05) is 4.72 Å². The van der Waals surface area contributed by atoms with E-state index in [2.05, 4.69) is 4.72 Å². The Labute approximate surface area is 162 Å². The van der Waals surface area contributed by atoms with Gasteiger partial charge in [-0.3, -0.25) is 4.72 Å². The molecule has 27 heavy (non-hydrogen) atoms. The lowest BCUT2D eigenvalue weighted by molar-refractivity contribution is 0.0694. The molecule has 1 aromatic heterocycles. The molecule has 0 bridgehead atoms. The monoisotopic (exact) mass is 427 g/mol. The Hall–Kier alpha value is -2.62. The molecular weight excluding hydrogens is 417 g/mol. The molecule has 10 heteroatoms. The molecule has 3 N–H and O–H groups in total. The Balaban J connectivity index is 1.93. The Morgan fingerprint density at radius 1 is 1.15 bits per heavy atom. The molecule has 3 rings (SSSR count). The largest absolute Gasteiger partial charge is 0.507 e. The first-order valence-corrected chi connectivity index (χ1v) is 9.99. The van der Waals surface area contributed by atoms with E-state index in [-0.39, 0.29) is 19.8 Å². The van der Waals surface area contributed by atoms with Gasteiger partial charge in [-0.2, -0.15) is 0 Å². The van der Waals surface area contributed by atoms with Gasteiger partial charge in [-0.05, 0) is 35.9 Å². The van der Waals surface area contributed by atoms with Gasteiger partial charge in [0.15, 0.2) is 0 Å². The molecule has 0 fully saturated rings. The van der Waals surface area contributed by atoms with Crippen LogP contribution in [-0.2, 0) is 10.0 Å². The topological polar surface area (TPSA) is 104 Å². The molecule has 1 heterocycles. The van der Waals surface area contributed by atoms with E-state index < -0.39 is 27.6 Å². The zero-order valence-corrected chi connectivity index (χ0v) is 15.7. The molecule has 0 saturated heterocycles. The van der Waals surface area contributed by atoms with E-state index in [1.165, 1.54) is 30.3 Å². The van der Waals surface area contributed by atoms with Crippen LogP contribution in [0.3, 0.4) is 0 Å². The lowest BCUT2D eigenvalue weighted by Gasteiger charge is -2.07. The van der Waals surface area contributed by atoms with Gasteiger partial charge in [-0.15, -0.1) is 11.3 Å². The molecule has 0 aliphatic rings. The van der Waals surface area contributed by atoms with Gasteiger partial charge in [0.25, 0.3) is 10.0 Å². The second-order valence-corrected chi connectivity index (χ2v) is 8.97. The lowest BCUT2D eigenvalue weighted by Crippen LogP contribution is -2.11. The summed E-state index contributed by atoms with van der Waals surface area (Å²) in [6.07, 6.45) is 0. The molecule has 0 aliphatic heterocycles. The minimum atomic E-state index is -4.05. The van der Waals surface area contributed by atoms with Crippen molar-refractivity contribution in [2.24, 2.45) is 0 Å². The third-order valence-corrected chi connectivity index (χ3v) is 6.76. The number of phenols is 1. The second kappa shape index (κ2) is 7.18. The number of thiophene rings is 1. The number of carbonyl (C=O) groups is 1. The number of sulfonamides is 1. The van der Waals surface area contributed by atoms with Crippen LogP contribution < -0.4 is 4.72 Å². The first-order chi connectivity index (χ1) is 12.7. The van der Waals surface area contributed by atoms with Crippen LogP contribution in [0.15, 0.2) is 52.7 Å². The summed E-state index contributed by atoms with van der Waals surface area (Å²) in [5.41, 5.74) is 0.423. The molecule has 0 saturated carbocycles. The van der Waals surface area contributed by atoms with E-state index in [9.17, 15) is 22.7 Å². The number of nitrogens with one attached hydrogen (secondary N) is 1. The Morgan fingerprint density at radius 3 is 2.52 bits per heavy atom. The molecule has 2 aromatic carbocycles. The molecule has 0 radical (unpaired) electrons. The molecule has 0 spiro atoms. The summed E-state index contributed by atoms with van der Waals surface area (Å²) in [7, 11) is -4.05. The second-order valence-electron chi connectivity index (χ2n) is 5.41. The highest BCUT2D eigenvalue weighted by Gasteiger charge is 2.21. The standard InChI is InChI=1S/C17H11ClFNO5S2/c18-16-13(9-2-1-3-10(19)6-9)8-15(26-16)27(24,25)20-11-4-5-12(17(22)23)14(21)7-11/h1-8,20-21H,(H,22,23). The number of halogens is 2. The Morgan fingerprint density at radius 2 is 1.89 bits per heavy atom. The van der Waals surface area contributed by atoms with Crippen LogP contribution in [0.1, 0.15) is 10.4 Å². The third kappa shape index (κ3) is 4.05. The zero-order valence-electron chi connectivity index (χ0n) is 13.3. The van der Waals surface area contributed by atoms with E-state index >= 15 is 0 Å². The van der Waals surface area contributed by atoms with Crippen molar-refractivity contribution in [3.8, 4) is 16.9 Å². The van der Waals surface area contributed by atoms with Crippen LogP contribution in [0, 0.1) is 5.82 Å². The van der Waals surface area contributed by atoms with Gasteiger partial charge in [0, 0.05) is 11.6 Å². The maximum Gasteiger partial charge on any atom is 0.339 e. The zero-order chi connectivity index (χ0) is 19.8. The van der Waals surface area contributed by atoms with Crippen LogP contribution in [0.25, 0.3) is 11.1 Å². The molecule has 0 atom stereocenters. The highest BCUT2D eigenvalue weighted by atomic mass is 35.5. The van der Waals surface area contributed by atoms with Crippen molar-refractivity contribution in [3.05, 3.63) is 64.2 Å². The average Bonchev–Trinajstić information content (AvgIpc) is 2.97. The number of benzene rings is 2. The smallest absolute Gasteiger partial charge is 0.339 e. The van der Waals surface area contributed by atoms with Gasteiger partial charge in [-0.25, -0.2) is 17.6 Å². The minimum Gasteiger partial charge on any atom is -0.507 e. The first-order valence-electron chi connectivity index (χ1n) is 7.32. The summed E-state index contributed by atoms with van der Waals surface area (Å²) in [6, 6.07) is 10.2. The van der Waals surface area contributed by atoms with Crippen molar-refractivity contribution >= 4 is 44.6 Å². The van der Waals surface area contributed by atoms with Crippen LogP contribution in [0.4, 0.5) is 10.1 Å². The number of rotatable bonds is 5. The van der Waals surface area contributed by atoms with E-state index in [0.29, 0.717) is 11.1 Å². The summed E-state index contributed by atoms with van der Waals surface area (Å²) in [6.45, 7) is 0. The van der Waals surface area contributed by atoms with Gasteiger partial charge < -0.3 is 10.2 Å². The SMILES string of the molecule is O=C(O)c1ccc(NS(=O)(=O)c2cc(-c3cccc(F)c3)c(Cl)s2)cc1O. The summed E-state index contributed by atoms with van der Waals surface area (Å²) in [4.78, 5) is 10.9. The van der Waals surface area contributed by atoms with Gasteiger partial charge in [0.1, 0.15) is 25.7 Å². The highest BCUT2D eigenvalue weighted by molar-refractivity contribution is 7.94. The van der Waals surface area contributed by atoms with Crippen molar-refractivity contribution in [2.45, 2.75) is 4.21 Å². The lowest BCUT2D eigenvalue weighted by atomic mass is 10.1. The average molecular weight is 428 g/mol. The van der Waals surface area contributed by atoms with Gasteiger partial charge in [0.2, 0.25) is 0 Å². The van der Waals surface area contributed by atoms with E-state index in [4.69, 9.17) is 16.7 Å². The third-order valence-electron chi connectivity index (χ3n) is 3.54. The number of aromatic hydroxyl groups is 1. The molecule has 0 amide bonds. The number of hydrogen-bond donors (Lipinski definition) is 3. The summed E-state index contributed by atoms with van der Waals surface area (Å²) in [5.74, 6) is -2.40. The molecule has 0 unspecified atom stereocenters. The molecule has 3 aromatic rings. The summed E-state index contributed by atoms with van der Waals surface area (Å²) < 4.78 is 40.8. The quantitative estimate of drug-likeness (QED) is 0.559. The highest BCUT2D eigenvalue weighted by Crippen LogP contribution is 2.38. The fourth-order valence-electron chi connectivity index (χ4n) is 2.31. The van der Waals surface area contributed by atoms with Crippen LogP contribution in [-0.4, -0.2) is 24.6 Å². The van der Waals surface area contributed by atoms with E-state index in [0.717, 1.165) is 23.5 Å². The fraction of sp³-hybridized carbons (Fsp3) is 0. The van der Waals surface area contributed by atoms with Crippen molar-refractivity contribution in [1.82, 2.24) is 0 Å². The molecular formula is C17H11ClFNO5S2.